The fraction of sp³-hybridized carbons (Fsp3) is 0.583. The predicted molar refractivity (Wildman–Crippen MR) is 116 cm³/mol. The summed E-state index contributed by atoms with van der Waals surface area (Å²) in [6.45, 7) is 2.06. The average Bonchev–Trinajstić information content (AvgIpc) is 3.46. The van der Waals surface area contributed by atoms with E-state index in [1.165, 1.54) is 27.1 Å². The molecule has 1 aliphatic rings. The Morgan fingerprint density at radius 1 is 1.16 bits per heavy atom. The van der Waals surface area contributed by atoms with E-state index in [0.29, 0.717) is 6.04 Å². The number of fused-ring (bicyclic) bond motifs is 1. The minimum atomic E-state index is -1.02. The number of nitriles is 1. The van der Waals surface area contributed by atoms with Crippen LogP contribution in [0.1, 0.15) is 75.6 Å². The first-order valence-electron chi connectivity index (χ1n) is 11.0. The third kappa shape index (κ3) is 4.58. The van der Waals surface area contributed by atoms with Gasteiger partial charge in [0.25, 0.3) is 0 Å². The van der Waals surface area contributed by atoms with Crippen molar-refractivity contribution >= 4 is 22.8 Å². The first-order valence-corrected chi connectivity index (χ1v) is 11.0. The van der Waals surface area contributed by atoms with Crippen LogP contribution in [-0.2, 0) is 30.9 Å². The van der Waals surface area contributed by atoms with Crippen LogP contribution in [-0.4, -0.2) is 35.9 Å². The highest BCUT2D eigenvalue weighted by molar-refractivity contribution is 5.87. The zero-order chi connectivity index (χ0) is 22.4. The van der Waals surface area contributed by atoms with Gasteiger partial charge in [0, 0.05) is 18.2 Å². The molecular weight excluding hydrogens is 394 g/mol. The quantitative estimate of drug-likeness (QED) is 0.553. The molecule has 0 atom stereocenters. The normalized spacial score (nSPS) is 14.5. The van der Waals surface area contributed by atoms with E-state index >= 15 is 0 Å². The van der Waals surface area contributed by atoms with Gasteiger partial charge in [-0.05, 0) is 43.7 Å². The zero-order valence-electron chi connectivity index (χ0n) is 18.6. The summed E-state index contributed by atoms with van der Waals surface area (Å²) in [5.41, 5.74) is 1.79. The summed E-state index contributed by atoms with van der Waals surface area (Å²) in [6.07, 6.45) is 6.09. The van der Waals surface area contributed by atoms with Gasteiger partial charge in [0.2, 0.25) is 0 Å². The number of hydrogen-bond donors (Lipinski definition) is 0. The molecule has 0 saturated heterocycles. The number of aryl methyl sites for hydroxylation is 1. The summed E-state index contributed by atoms with van der Waals surface area (Å²) >= 11 is 0. The van der Waals surface area contributed by atoms with Crippen molar-refractivity contribution in [3.05, 3.63) is 29.5 Å². The number of rotatable bonds is 9. The van der Waals surface area contributed by atoms with E-state index in [1.807, 2.05) is 12.1 Å². The maximum absolute atomic E-state index is 11.9. The van der Waals surface area contributed by atoms with Gasteiger partial charge in [0.15, 0.2) is 0 Å². The van der Waals surface area contributed by atoms with E-state index in [2.05, 4.69) is 23.7 Å². The number of hydrogen-bond acceptors (Lipinski definition) is 6. The van der Waals surface area contributed by atoms with E-state index in [0.717, 1.165) is 41.4 Å². The van der Waals surface area contributed by atoms with Gasteiger partial charge in [0.05, 0.1) is 43.0 Å². The molecule has 0 spiro atoms. The van der Waals surface area contributed by atoms with Crippen molar-refractivity contribution in [2.45, 2.75) is 76.2 Å². The Hall–Kier alpha value is -2.88. The van der Waals surface area contributed by atoms with Crippen molar-refractivity contribution in [1.82, 2.24) is 9.78 Å². The Kier molecular flexibility index (Phi) is 7.32. The Balaban J connectivity index is 2.14. The minimum absolute atomic E-state index is 0.0971. The standard InChI is InChI=1S/C24H31N3O4/c1-4-19-23-18(10-7-11-20(23)27(26-19)17-8-5-6-9-17)24(16-25,14-12-21(28)30-2)15-13-22(29)31-3/h7,10-11,17H,4-6,8-9,12-15H2,1-3H3. The topological polar surface area (TPSA) is 94.2 Å². The van der Waals surface area contributed by atoms with Crippen molar-refractivity contribution < 1.29 is 19.1 Å². The van der Waals surface area contributed by atoms with Gasteiger partial charge in [-0.2, -0.15) is 10.4 Å². The summed E-state index contributed by atoms with van der Waals surface area (Å²) in [5, 5.41) is 16.3. The third-order valence-corrected chi connectivity index (χ3v) is 6.51. The van der Waals surface area contributed by atoms with Crippen molar-refractivity contribution in [2.24, 2.45) is 0 Å². The van der Waals surface area contributed by atoms with Gasteiger partial charge in [0.1, 0.15) is 0 Å². The van der Waals surface area contributed by atoms with Gasteiger partial charge in [-0.3, -0.25) is 14.3 Å². The number of methoxy groups -OCH3 is 2. The fourth-order valence-corrected chi connectivity index (χ4v) is 4.74. The molecule has 1 saturated carbocycles. The maximum Gasteiger partial charge on any atom is 0.305 e. The SMILES string of the molecule is CCc1nn(C2CCCC2)c2cccc(C(C#N)(CCC(=O)OC)CCC(=O)OC)c12. The molecule has 1 aromatic carbocycles. The number of aromatic nitrogens is 2. The van der Waals surface area contributed by atoms with Gasteiger partial charge >= 0.3 is 11.9 Å². The Bertz CT molecular complexity index is 963. The lowest BCUT2D eigenvalue weighted by Crippen LogP contribution is -2.27. The molecule has 1 aromatic heterocycles. The van der Waals surface area contributed by atoms with Crippen LogP contribution in [0, 0.1) is 11.3 Å². The predicted octanol–water partition coefficient (Wildman–Crippen LogP) is 4.38. The first kappa shape index (κ1) is 22.8. The van der Waals surface area contributed by atoms with Gasteiger partial charge in [-0.15, -0.1) is 0 Å². The Labute approximate surface area is 183 Å². The van der Waals surface area contributed by atoms with Crippen LogP contribution in [0.3, 0.4) is 0 Å². The van der Waals surface area contributed by atoms with Crippen LogP contribution in [0.4, 0.5) is 0 Å². The van der Waals surface area contributed by atoms with Crippen molar-refractivity contribution in [3.8, 4) is 6.07 Å². The average molecular weight is 426 g/mol. The van der Waals surface area contributed by atoms with Crippen LogP contribution in [0.2, 0.25) is 0 Å². The Morgan fingerprint density at radius 3 is 2.29 bits per heavy atom. The highest BCUT2D eigenvalue weighted by Gasteiger charge is 2.37. The van der Waals surface area contributed by atoms with E-state index < -0.39 is 5.41 Å². The summed E-state index contributed by atoms with van der Waals surface area (Å²) < 4.78 is 11.8. The molecule has 1 fully saturated rings. The van der Waals surface area contributed by atoms with Crippen LogP contribution in [0.5, 0.6) is 0 Å². The van der Waals surface area contributed by atoms with E-state index in [4.69, 9.17) is 14.6 Å². The van der Waals surface area contributed by atoms with E-state index in [-0.39, 0.29) is 37.6 Å². The van der Waals surface area contributed by atoms with Crippen molar-refractivity contribution in [3.63, 3.8) is 0 Å². The summed E-state index contributed by atoms with van der Waals surface area (Å²) in [6, 6.07) is 8.79. The van der Waals surface area contributed by atoms with Gasteiger partial charge in [-0.1, -0.05) is 31.9 Å². The molecular formula is C24H31N3O4. The summed E-state index contributed by atoms with van der Waals surface area (Å²) in [5.74, 6) is -0.746. The van der Waals surface area contributed by atoms with Crippen LogP contribution in [0.15, 0.2) is 18.2 Å². The van der Waals surface area contributed by atoms with Gasteiger partial charge in [-0.25, -0.2) is 0 Å². The van der Waals surface area contributed by atoms with E-state index in [9.17, 15) is 14.9 Å². The number of benzene rings is 1. The lowest BCUT2D eigenvalue weighted by atomic mass is 9.73. The minimum Gasteiger partial charge on any atom is -0.469 e. The fourth-order valence-electron chi connectivity index (χ4n) is 4.74. The number of esters is 2. The smallest absolute Gasteiger partial charge is 0.305 e. The second-order valence-corrected chi connectivity index (χ2v) is 8.23. The lowest BCUT2D eigenvalue weighted by molar-refractivity contribution is -0.141. The highest BCUT2D eigenvalue weighted by atomic mass is 16.5. The number of ether oxygens (including phenoxy) is 2. The summed E-state index contributed by atoms with van der Waals surface area (Å²) in [7, 11) is 2.68. The monoisotopic (exact) mass is 425 g/mol. The highest BCUT2D eigenvalue weighted by Crippen LogP contribution is 2.41. The first-order chi connectivity index (χ1) is 15.0. The van der Waals surface area contributed by atoms with Crippen molar-refractivity contribution in [1.29, 1.82) is 5.26 Å². The molecule has 2 aromatic rings. The van der Waals surface area contributed by atoms with E-state index in [1.54, 1.807) is 0 Å². The molecule has 0 aliphatic heterocycles. The second-order valence-electron chi connectivity index (χ2n) is 8.23. The molecule has 1 heterocycles. The zero-order valence-corrected chi connectivity index (χ0v) is 18.6. The summed E-state index contributed by atoms with van der Waals surface area (Å²) in [4.78, 5) is 23.9. The molecule has 0 amide bonds. The molecule has 166 valence electrons. The van der Waals surface area contributed by atoms with Crippen molar-refractivity contribution in [2.75, 3.05) is 14.2 Å². The number of nitrogens with zero attached hydrogens (tertiary/aromatic N) is 3. The molecule has 3 rings (SSSR count). The molecule has 0 unspecified atom stereocenters. The van der Waals surface area contributed by atoms with Crippen LogP contribution >= 0.6 is 0 Å². The largest absolute Gasteiger partial charge is 0.469 e. The molecule has 7 nitrogen and oxygen atoms in total. The molecule has 7 heteroatoms. The van der Waals surface area contributed by atoms with Crippen LogP contribution < -0.4 is 0 Å². The molecule has 0 radical (unpaired) electrons. The molecule has 0 bridgehead atoms. The number of carbonyl (C=O) groups excluding carboxylic acids is 2. The second kappa shape index (κ2) is 9.95. The Morgan fingerprint density at radius 2 is 1.77 bits per heavy atom. The maximum atomic E-state index is 11.9. The van der Waals surface area contributed by atoms with Crippen LogP contribution in [0.25, 0.3) is 10.9 Å². The molecule has 31 heavy (non-hydrogen) atoms. The third-order valence-electron chi connectivity index (χ3n) is 6.51. The van der Waals surface area contributed by atoms with Gasteiger partial charge < -0.3 is 9.47 Å². The number of carbonyl (C=O) groups is 2. The molecule has 1 aliphatic carbocycles. The lowest BCUT2D eigenvalue weighted by Gasteiger charge is -2.28. The molecule has 0 N–H and O–H groups in total.